The summed E-state index contributed by atoms with van der Waals surface area (Å²) in [5.41, 5.74) is 1.36. The molecule has 1 heterocycles. The lowest BCUT2D eigenvalue weighted by atomic mass is 10.1. The summed E-state index contributed by atoms with van der Waals surface area (Å²) in [5, 5.41) is 11.5. The summed E-state index contributed by atoms with van der Waals surface area (Å²) in [4.78, 5) is 23.2. The van der Waals surface area contributed by atoms with Gasteiger partial charge in [0.25, 0.3) is 5.91 Å². The molecule has 2 aromatic carbocycles. The Kier molecular flexibility index (Phi) is 6.26. The molecule has 1 aliphatic rings. The zero-order valence-electron chi connectivity index (χ0n) is 15.5. The van der Waals surface area contributed by atoms with Gasteiger partial charge in [0.15, 0.2) is 0 Å². The molecule has 1 aliphatic heterocycles. The monoisotopic (exact) mass is 387 g/mol. The van der Waals surface area contributed by atoms with E-state index >= 15 is 0 Å². The molecule has 0 aliphatic carbocycles. The van der Waals surface area contributed by atoms with Gasteiger partial charge >= 0.3 is 5.97 Å². The molecular weight excluding hydrogens is 365 g/mol. The average Bonchev–Trinajstić information content (AvgIpc) is 3.18. The highest BCUT2D eigenvalue weighted by atomic mass is 19.1. The molecule has 7 heteroatoms. The SMILES string of the molecule is Cc1ccc(CNC(=O)c2ccc(C(=O)O)cc2F)c(OCC2CCCO2)c1. The number of halogens is 1. The number of rotatable bonds is 7. The van der Waals surface area contributed by atoms with Crippen LogP contribution in [-0.2, 0) is 11.3 Å². The van der Waals surface area contributed by atoms with Crippen LogP contribution >= 0.6 is 0 Å². The van der Waals surface area contributed by atoms with Gasteiger partial charge in [-0.3, -0.25) is 4.79 Å². The van der Waals surface area contributed by atoms with Crippen LogP contribution in [0.4, 0.5) is 4.39 Å². The average molecular weight is 387 g/mol. The van der Waals surface area contributed by atoms with Crippen molar-refractivity contribution in [2.45, 2.75) is 32.4 Å². The second kappa shape index (κ2) is 8.84. The fourth-order valence-corrected chi connectivity index (χ4v) is 3.00. The molecule has 0 aromatic heterocycles. The summed E-state index contributed by atoms with van der Waals surface area (Å²) >= 11 is 0. The zero-order chi connectivity index (χ0) is 20.1. The number of carbonyl (C=O) groups is 2. The molecule has 6 nitrogen and oxygen atoms in total. The normalized spacial score (nSPS) is 16.0. The number of hydrogen-bond acceptors (Lipinski definition) is 4. The van der Waals surface area contributed by atoms with Crippen LogP contribution in [0.1, 0.15) is 44.7 Å². The van der Waals surface area contributed by atoms with Gasteiger partial charge in [-0.2, -0.15) is 0 Å². The molecule has 2 N–H and O–H groups in total. The van der Waals surface area contributed by atoms with Crippen molar-refractivity contribution in [2.75, 3.05) is 13.2 Å². The third kappa shape index (κ3) is 4.86. The number of aromatic carboxylic acids is 1. The topological polar surface area (TPSA) is 84.9 Å². The van der Waals surface area contributed by atoms with E-state index in [0.29, 0.717) is 12.4 Å². The third-order valence-corrected chi connectivity index (χ3v) is 4.57. The van der Waals surface area contributed by atoms with Crippen molar-refractivity contribution < 1.29 is 28.6 Å². The predicted molar refractivity (Wildman–Crippen MR) is 100 cm³/mol. The number of carboxylic acid groups (broad SMARTS) is 1. The van der Waals surface area contributed by atoms with E-state index in [9.17, 15) is 14.0 Å². The number of carboxylic acids is 1. The molecule has 3 rings (SSSR count). The summed E-state index contributed by atoms with van der Waals surface area (Å²) in [7, 11) is 0. The van der Waals surface area contributed by atoms with Crippen molar-refractivity contribution in [3.63, 3.8) is 0 Å². The predicted octanol–water partition coefficient (Wildman–Crippen LogP) is 3.32. The first-order valence-corrected chi connectivity index (χ1v) is 9.09. The van der Waals surface area contributed by atoms with E-state index < -0.39 is 17.7 Å². The Morgan fingerprint density at radius 1 is 1.29 bits per heavy atom. The van der Waals surface area contributed by atoms with Gasteiger partial charge in [-0.05, 0) is 49.6 Å². The van der Waals surface area contributed by atoms with Crippen molar-refractivity contribution in [1.82, 2.24) is 5.32 Å². The second-order valence-corrected chi connectivity index (χ2v) is 6.74. The van der Waals surface area contributed by atoms with Crippen LogP contribution < -0.4 is 10.1 Å². The Labute approximate surface area is 162 Å². The lowest BCUT2D eigenvalue weighted by molar-refractivity contribution is 0.0675. The summed E-state index contributed by atoms with van der Waals surface area (Å²) in [5.74, 6) is -2.10. The Morgan fingerprint density at radius 2 is 2.11 bits per heavy atom. The van der Waals surface area contributed by atoms with Gasteiger partial charge in [0, 0.05) is 18.7 Å². The molecule has 1 atom stereocenters. The van der Waals surface area contributed by atoms with E-state index in [1.54, 1.807) is 0 Å². The van der Waals surface area contributed by atoms with Gasteiger partial charge < -0.3 is 19.9 Å². The van der Waals surface area contributed by atoms with Gasteiger partial charge in [-0.1, -0.05) is 12.1 Å². The van der Waals surface area contributed by atoms with Crippen LogP contribution in [0.15, 0.2) is 36.4 Å². The summed E-state index contributed by atoms with van der Waals surface area (Å²) < 4.78 is 25.5. The van der Waals surface area contributed by atoms with Gasteiger partial charge in [-0.15, -0.1) is 0 Å². The molecule has 148 valence electrons. The number of hydrogen-bond donors (Lipinski definition) is 2. The minimum Gasteiger partial charge on any atom is -0.491 e. The number of nitrogens with one attached hydrogen (secondary N) is 1. The molecule has 1 unspecified atom stereocenters. The van der Waals surface area contributed by atoms with Crippen molar-refractivity contribution >= 4 is 11.9 Å². The van der Waals surface area contributed by atoms with E-state index in [4.69, 9.17) is 14.6 Å². The molecule has 1 amide bonds. The first kappa shape index (κ1) is 19.8. The van der Waals surface area contributed by atoms with E-state index in [1.807, 2.05) is 25.1 Å². The Hall–Kier alpha value is -2.93. The number of aryl methyl sites for hydroxylation is 1. The first-order chi connectivity index (χ1) is 13.4. The lowest BCUT2D eigenvalue weighted by Gasteiger charge is -2.16. The molecule has 0 saturated carbocycles. The quantitative estimate of drug-likeness (QED) is 0.761. The maximum absolute atomic E-state index is 14.0. The Balaban J connectivity index is 1.66. The van der Waals surface area contributed by atoms with Crippen molar-refractivity contribution in [2.24, 2.45) is 0 Å². The molecular formula is C21H22FNO5. The van der Waals surface area contributed by atoms with E-state index in [1.165, 1.54) is 6.07 Å². The van der Waals surface area contributed by atoms with Crippen molar-refractivity contribution in [3.05, 3.63) is 64.5 Å². The van der Waals surface area contributed by atoms with Crippen LogP contribution in [0.2, 0.25) is 0 Å². The number of benzene rings is 2. The number of carbonyl (C=O) groups excluding carboxylic acids is 1. The molecule has 0 radical (unpaired) electrons. The maximum atomic E-state index is 14.0. The highest BCUT2D eigenvalue weighted by Gasteiger charge is 2.18. The second-order valence-electron chi connectivity index (χ2n) is 6.74. The number of ether oxygens (including phenoxy) is 2. The van der Waals surface area contributed by atoms with Crippen LogP contribution in [-0.4, -0.2) is 36.3 Å². The fourth-order valence-electron chi connectivity index (χ4n) is 3.00. The van der Waals surface area contributed by atoms with Gasteiger partial charge in [0.2, 0.25) is 0 Å². The van der Waals surface area contributed by atoms with Crippen LogP contribution in [0.5, 0.6) is 5.75 Å². The molecule has 2 aromatic rings. The summed E-state index contributed by atoms with van der Waals surface area (Å²) in [6, 6.07) is 8.84. The highest BCUT2D eigenvalue weighted by molar-refractivity contribution is 5.96. The van der Waals surface area contributed by atoms with Gasteiger partial charge in [0.1, 0.15) is 18.2 Å². The molecule has 1 fully saturated rings. The largest absolute Gasteiger partial charge is 0.491 e. The maximum Gasteiger partial charge on any atom is 0.335 e. The third-order valence-electron chi connectivity index (χ3n) is 4.57. The van der Waals surface area contributed by atoms with Crippen molar-refractivity contribution in [1.29, 1.82) is 0 Å². The molecule has 0 spiro atoms. The Bertz CT molecular complexity index is 877. The van der Waals surface area contributed by atoms with Gasteiger partial charge in [0.05, 0.1) is 17.2 Å². The number of amides is 1. The Morgan fingerprint density at radius 3 is 2.79 bits per heavy atom. The van der Waals surface area contributed by atoms with E-state index in [2.05, 4.69) is 5.32 Å². The zero-order valence-corrected chi connectivity index (χ0v) is 15.5. The standard InChI is InChI=1S/C21H22FNO5/c1-13-4-5-15(19(9-13)28-12-16-3-2-8-27-16)11-23-20(24)17-7-6-14(21(25)26)10-18(17)22/h4-7,9-10,16H,2-3,8,11-12H2,1H3,(H,23,24)(H,25,26). The summed E-state index contributed by atoms with van der Waals surface area (Å²) in [6.07, 6.45) is 2.06. The minimum atomic E-state index is -1.25. The van der Waals surface area contributed by atoms with Gasteiger partial charge in [-0.25, -0.2) is 9.18 Å². The van der Waals surface area contributed by atoms with Crippen LogP contribution in [0, 0.1) is 12.7 Å². The van der Waals surface area contributed by atoms with E-state index in [0.717, 1.165) is 42.7 Å². The fraction of sp³-hybridized carbons (Fsp3) is 0.333. The van der Waals surface area contributed by atoms with Crippen molar-refractivity contribution in [3.8, 4) is 5.75 Å². The highest BCUT2D eigenvalue weighted by Crippen LogP contribution is 2.22. The van der Waals surface area contributed by atoms with Crippen LogP contribution in [0.3, 0.4) is 0 Å². The lowest BCUT2D eigenvalue weighted by Crippen LogP contribution is -2.25. The van der Waals surface area contributed by atoms with Crippen LogP contribution in [0.25, 0.3) is 0 Å². The molecule has 1 saturated heterocycles. The first-order valence-electron chi connectivity index (χ1n) is 9.09. The smallest absolute Gasteiger partial charge is 0.335 e. The van der Waals surface area contributed by atoms with E-state index in [-0.39, 0.29) is 23.8 Å². The minimum absolute atomic E-state index is 0.0739. The molecule has 0 bridgehead atoms. The molecule has 28 heavy (non-hydrogen) atoms. The summed E-state index contributed by atoms with van der Waals surface area (Å²) in [6.45, 7) is 3.29.